The molecule has 1 aliphatic heterocycles. The summed E-state index contributed by atoms with van der Waals surface area (Å²) in [6.45, 7) is 4.78. The van der Waals surface area contributed by atoms with Crippen LogP contribution in [0.4, 0.5) is 0 Å². The molecule has 0 aromatic heterocycles. The molecule has 1 unspecified atom stereocenters. The van der Waals surface area contributed by atoms with Crippen LogP contribution in [-0.4, -0.2) is 64.7 Å². The summed E-state index contributed by atoms with van der Waals surface area (Å²) in [5, 5.41) is 6.63. The van der Waals surface area contributed by atoms with Crippen LogP contribution < -0.4 is 10.6 Å². The molecule has 6 heteroatoms. The van der Waals surface area contributed by atoms with Crippen LogP contribution in [0.5, 0.6) is 0 Å². The summed E-state index contributed by atoms with van der Waals surface area (Å²) in [6.07, 6.45) is 11.9. The van der Waals surface area contributed by atoms with Gasteiger partial charge in [0.15, 0.2) is 5.96 Å². The van der Waals surface area contributed by atoms with E-state index in [-0.39, 0.29) is 0 Å². The normalized spacial score (nSPS) is 22.8. The molecule has 0 spiro atoms. The fourth-order valence-electron chi connectivity index (χ4n) is 3.40. The van der Waals surface area contributed by atoms with Gasteiger partial charge in [0.05, 0.1) is 25.4 Å². The maximum atomic E-state index is 5.99. The maximum absolute atomic E-state index is 5.99. The summed E-state index contributed by atoms with van der Waals surface area (Å²) in [7, 11) is 1.80. The minimum absolute atomic E-state index is 0.316. The van der Waals surface area contributed by atoms with Gasteiger partial charge in [-0.25, -0.2) is 0 Å². The number of guanidine groups is 1. The summed E-state index contributed by atoms with van der Waals surface area (Å²) < 4.78 is 17.2. The third-order valence-corrected chi connectivity index (χ3v) is 4.86. The topological polar surface area (TPSA) is 64.1 Å². The Balaban J connectivity index is 1.42. The zero-order valence-electron chi connectivity index (χ0n) is 15.9. The summed E-state index contributed by atoms with van der Waals surface area (Å²) in [4.78, 5) is 4.25. The number of hydrogen-bond donors (Lipinski definition) is 2. The summed E-state index contributed by atoms with van der Waals surface area (Å²) >= 11 is 0. The lowest BCUT2D eigenvalue weighted by atomic mass is 10.1. The van der Waals surface area contributed by atoms with Crippen molar-refractivity contribution in [1.29, 1.82) is 0 Å². The van der Waals surface area contributed by atoms with Gasteiger partial charge < -0.3 is 24.8 Å². The van der Waals surface area contributed by atoms with Crippen molar-refractivity contribution in [1.82, 2.24) is 10.6 Å². The first-order valence-electron chi connectivity index (χ1n) is 10.1. The van der Waals surface area contributed by atoms with Gasteiger partial charge in [-0.2, -0.15) is 0 Å². The molecular weight excluding hydrogens is 318 g/mol. The van der Waals surface area contributed by atoms with Crippen molar-refractivity contribution in [3.05, 3.63) is 0 Å². The highest BCUT2D eigenvalue weighted by Gasteiger charge is 2.15. The molecule has 2 N–H and O–H groups in total. The van der Waals surface area contributed by atoms with Crippen molar-refractivity contribution >= 4 is 5.96 Å². The zero-order valence-corrected chi connectivity index (χ0v) is 15.9. The van der Waals surface area contributed by atoms with Gasteiger partial charge >= 0.3 is 0 Å². The molecule has 1 atom stereocenters. The minimum atomic E-state index is 0.316. The Hall–Kier alpha value is -0.850. The van der Waals surface area contributed by atoms with Crippen molar-refractivity contribution in [2.24, 2.45) is 4.99 Å². The predicted molar refractivity (Wildman–Crippen MR) is 101 cm³/mol. The third-order valence-electron chi connectivity index (χ3n) is 4.86. The first-order chi connectivity index (χ1) is 12.4. The zero-order chi connectivity index (χ0) is 17.6. The van der Waals surface area contributed by atoms with Crippen LogP contribution in [-0.2, 0) is 14.2 Å². The smallest absolute Gasteiger partial charge is 0.191 e. The van der Waals surface area contributed by atoms with Crippen LogP contribution in [0.25, 0.3) is 0 Å². The van der Waals surface area contributed by atoms with E-state index in [2.05, 4.69) is 15.6 Å². The Labute approximate surface area is 153 Å². The second-order valence-electron chi connectivity index (χ2n) is 6.97. The van der Waals surface area contributed by atoms with Gasteiger partial charge in [-0.15, -0.1) is 0 Å². The number of rotatable bonds is 10. The van der Waals surface area contributed by atoms with Crippen LogP contribution in [0, 0.1) is 0 Å². The van der Waals surface area contributed by atoms with Gasteiger partial charge in [-0.3, -0.25) is 4.99 Å². The largest absolute Gasteiger partial charge is 0.379 e. The van der Waals surface area contributed by atoms with Gasteiger partial charge in [0.25, 0.3) is 0 Å². The summed E-state index contributed by atoms with van der Waals surface area (Å²) in [6, 6.07) is 0. The lowest BCUT2D eigenvalue weighted by Crippen LogP contribution is -2.40. The van der Waals surface area contributed by atoms with Crippen LogP contribution >= 0.6 is 0 Å². The molecule has 0 bridgehead atoms. The van der Waals surface area contributed by atoms with Crippen LogP contribution in [0.15, 0.2) is 4.99 Å². The van der Waals surface area contributed by atoms with E-state index in [4.69, 9.17) is 14.2 Å². The highest BCUT2D eigenvalue weighted by atomic mass is 16.5. The molecule has 0 aromatic rings. The van der Waals surface area contributed by atoms with E-state index in [0.29, 0.717) is 12.2 Å². The van der Waals surface area contributed by atoms with E-state index in [1.165, 1.54) is 44.9 Å². The maximum Gasteiger partial charge on any atom is 0.191 e. The first-order valence-corrected chi connectivity index (χ1v) is 10.1. The number of nitrogens with zero attached hydrogens (tertiary/aromatic N) is 1. The molecule has 1 aliphatic carbocycles. The van der Waals surface area contributed by atoms with E-state index in [0.717, 1.165) is 58.3 Å². The van der Waals surface area contributed by atoms with Gasteiger partial charge in [-0.1, -0.05) is 25.7 Å². The summed E-state index contributed by atoms with van der Waals surface area (Å²) in [5.41, 5.74) is 0. The molecule has 2 rings (SSSR count). The SMILES string of the molecule is CN=C(NCCCOCC1CCCO1)NCCOC1CCCCCC1. The molecule has 1 saturated heterocycles. The second kappa shape index (κ2) is 13.4. The Kier molecular flexibility index (Phi) is 10.9. The molecule has 0 amide bonds. The highest BCUT2D eigenvalue weighted by Crippen LogP contribution is 2.19. The Morgan fingerprint density at radius 1 is 1.00 bits per heavy atom. The average molecular weight is 356 g/mol. The van der Waals surface area contributed by atoms with Gasteiger partial charge in [0, 0.05) is 33.4 Å². The fraction of sp³-hybridized carbons (Fsp3) is 0.947. The summed E-state index contributed by atoms with van der Waals surface area (Å²) in [5.74, 6) is 0.837. The molecule has 6 nitrogen and oxygen atoms in total. The third kappa shape index (κ3) is 9.42. The molecule has 0 aromatic carbocycles. The predicted octanol–water partition coefficient (Wildman–Crippen LogP) is 2.48. The van der Waals surface area contributed by atoms with E-state index in [1.807, 2.05) is 0 Å². The van der Waals surface area contributed by atoms with Crippen molar-refractivity contribution in [2.75, 3.05) is 46.6 Å². The van der Waals surface area contributed by atoms with E-state index in [9.17, 15) is 0 Å². The molecular formula is C19H37N3O3. The molecule has 2 aliphatic rings. The number of aliphatic imine (C=N–C) groups is 1. The Bertz CT molecular complexity index is 352. The molecule has 25 heavy (non-hydrogen) atoms. The fourth-order valence-corrected chi connectivity index (χ4v) is 3.40. The second-order valence-corrected chi connectivity index (χ2v) is 6.97. The molecule has 146 valence electrons. The van der Waals surface area contributed by atoms with Gasteiger partial charge in [-0.05, 0) is 32.1 Å². The molecule has 2 fully saturated rings. The van der Waals surface area contributed by atoms with Crippen molar-refractivity contribution < 1.29 is 14.2 Å². The highest BCUT2D eigenvalue weighted by molar-refractivity contribution is 5.79. The number of ether oxygens (including phenoxy) is 3. The minimum Gasteiger partial charge on any atom is -0.379 e. The van der Waals surface area contributed by atoms with E-state index in [1.54, 1.807) is 7.05 Å². The van der Waals surface area contributed by atoms with Gasteiger partial charge in [0.2, 0.25) is 0 Å². The average Bonchev–Trinajstić information content (AvgIpc) is 3.02. The van der Waals surface area contributed by atoms with Crippen molar-refractivity contribution in [2.45, 2.75) is 70.0 Å². The van der Waals surface area contributed by atoms with Crippen molar-refractivity contribution in [3.8, 4) is 0 Å². The molecule has 0 radical (unpaired) electrons. The lowest BCUT2D eigenvalue weighted by Gasteiger charge is -2.17. The molecule has 1 saturated carbocycles. The van der Waals surface area contributed by atoms with Crippen molar-refractivity contribution in [3.63, 3.8) is 0 Å². The standard InChI is InChI=1S/C19H37N3O3/c1-20-19(21-11-7-13-23-16-18-10-6-14-24-18)22-12-15-25-17-8-4-2-3-5-9-17/h17-18H,2-16H2,1H3,(H2,20,21,22). The van der Waals surface area contributed by atoms with Gasteiger partial charge in [0.1, 0.15) is 0 Å². The van der Waals surface area contributed by atoms with Crippen LogP contribution in [0.2, 0.25) is 0 Å². The Morgan fingerprint density at radius 2 is 1.80 bits per heavy atom. The number of hydrogen-bond acceptors (Lipinski definition) is 4. The molecule has 1 heterocycles. The van der Waals surface area contributed by atoms with E-state index >= 15 is 0 Å². The monoisotopic (exact) mass is 355 g/mol. The first kappa shape index (κ1) is 20.5. The quantitative estimate of drug-likeness (QED) is 0.273. The van der Waals surface area contributed by atoms with E-state index < -0.39 is 0 Å². The lowest BCUT2D eigenvalue weighted by molar-refractivity contribution is 0.0168. The van der Waals surface area contributed by atoms with Crippen LogP contribution in [0.1, 0.15) is 57.8 Å². The van der Waals surface area contributed by atoms with Crippen LogP contribution in [0.3, 0.4) is 0 Å². The number of nitrogens with one attached hydrogen (secondary N) is 2. The Morgan fingerprint density at radius 3 is 2.52 bits per heavy atom.